The van der Waals surface area contributed by atoms with Gasteiger partial charge >= 0.3 is 0 Å². The summed E-state index contributed by atoms with van der Waals surface area (Å²) < 4.78 is 15.8. The Bertz CT molecular complexity index is 372. The summed E-state index contributed by atoms with van der Waals surface area (Å²) in [7, 11) is 0. The maximum Gasteiger partial charge on any atom is 0.119 e. The number of aliphatic hydroxyl groups is 1. The number of nitriles is 1. The van der Waals surface area contributed by atoms with Gasteiger partial charge in [0.25, 0.3) is 0 Å². The molecule has 0 radical (unpaired) electrons. The fourth-order valence-corrected chi connectivity index (χ4v) is 1.40. The molecular formula is C14H19NO4. The Morgan fingerprint density at radius 3 is 2.21 bits per heavy atom. The first-order valence-electron chi connectivity index (χ1n) is 6.22. The third kappa shape index (κ3) is 7.42. The lowest BCUT2D eigenvalue weighted by molar-refractivity contribution is 0.0247. The van der Waals surface area contributed by atoms with Crippen LogP contribution in [-0.2, 0) is 15.9 Å². The minimum absolute atomic E-state index is 0.0326. The number of benzene rings is 1. The summed E-state index contributed by atoms with van der Waals surface area (Å²) in [6.07, 6.45) is 0.414. The Hall–Kier alpha value is -1.61. The molecule has 1 rings (SSSR count). The van der Waals surface area contributed by atoms with Crippen LogP contribution in [0.2, 0.25) is 0 Å². The minimum atomic E-state index is 0.0326. The van der Waals surface area contributed by atoms with Crippen LogP contribution in [0.15, 0.2) is 24.3 Å². The fourth-order valence-electron chi connectivity index (χ4n) is 1.40. The zero-order valence-electron chi connectivity index (χ0n) is 10.9. The van der Waals surface area contributed by atoms with Crippen molar-refractivity contribution in [1.82, 2.24) is 0 Å². The predicted molar refractivity (Wildman–Crippen MR) is 70.0 cm³/mol. The summed E-state index contributed by atoms with van der Waals surface area (Å²) in [5, 5.41) is 17.0. The van der Waals surface area contributed by atoms with E-state index >= 15 is 0 Å². The summed E-state index contributed by atoms with van der Waals surface area (Å²) in [5.74, 6) is 0.766. The predicted octanol–water partition coefficient (Wildman–Crippen LogP) is 1.16. The van der Waals surface area contributed by atoms with Gasteiger partial charge in [-0.2, -0.15) is 5.26 Å². The highest BCUT2D eigenvalue weighted by Crippen LogP contribution is 2.12. The molecule has 0 atom stereocenters. The molecule has 0 aliphatic rings. The van der Waals surface area contributed by atoms with E-state index in [-0.39, 0.29) is 6.61 Å². The number of hydrogen-bond donors (Lipinski definition) is 1. The molecule has 0 saturated heterocycles. The first-order chi connectivity index (χ1) is 9.36. The summed E-state index contributed by atoms with van der Waals surface area (Å²) in [5.41, 5.74) is 0.979. The zero-order chi connectivity index (χ0) is 13.8. The summed E-state index contributed by atoms with van der Waals surface area (Å²) in [6, 6.07) is 9.54. The van der Waals surface area contributed by atoms with Gasteiger partial charge in [0.15, 0.2) is 0 Å². The smallest absolute Gasteiger partial charge is 0.119 e. The van der Waals surface area contributed by atoms with Gasteiger partial charge in [0.1, 0.15) is 12.4 Å². The highest BCUT2D eigenvalue weighted by molar-refractivity contribution is 5.28. The van der Waals surface area contributed by atoms with Crippen LogP contribution in [-0.4, -0.2) is 44.7 Å². The van der Waals surface area contributed by atoms with Crippen LogP contribution in [0.1, 0.15) is 5.56 Å². The molecule has 5 nitrogen and oxygen atoms in total. The lowest BCUT2D eigenvalue weighted by Crippen LogP contribution is -2.11. The SMILES string of the molecule is N#CCc1ccc(OCCOCCOCCO)cc1. The van der Waals surface area contributed by atoms with Crippen molar-refractivity contribution in [2.24, 2.45) is 0 Å². The highest BCUT2D eigenvalue weighted by atomic mass is 16.5. The Morgan fingerprint density at radius 1 is 0.947 bits per heavy atom. The molecular weight excluding hydrogens is 246 g/mol. The van der Waals surface area contributed by atoms with Crippen molar-refractivity contribution in [2.75, 3.05) is 39.6 Å². The molecule has 1 aromatic carbocycles. The van der Waals surface area contributed by atoms with Gasteiger partial charge in [-0.25, -0.2) is 0 Å². The average Bonchev–Trinajstić information content (AvgIpc) is 2.44. The number of ether oxygens (including phenoxy) is 3. The molecule has 0 aliphatic heterocycles. The van der Waals surface area contributed by atoms with Gasteiger partial charge in [-0.1, -0.05) is 12.1 Å². The monoisotopic (exact) mass is 265 g/mol. The fraction of sp³-hybridized carbons (Fsp3) is 0.500. The number of rotatable bonds is 10. The quantitative estimate of drug-likeness (QED) is 0.643. The van der Waals surface area contributed by atoms with E-state index in [4.69, 9.17) is 24.6 Å². The van der Waals surface area contributed by atoms with Crippen molar-refractivity contribution >= 4 is 0 Å². The molecule has 5 heteroatoms. The molecule has 0 unspecified atom stereocenters. The van der Waals surface area contributed by atoms with Gasteiger partial charge in [0.2, 0.25) is 0 Å². The van der Waals surface area contributed by atoms with E-state index < -0.39 is 0 Å². The molecule has 19 heavy (non-hydrogen) atoms. The van der Waals surface area contributed by atoms with Crippen molar-refractivity contribution in [1.29, 1.82) is 5.26 Å². The third-order valence-electron chi connectivity index (χ3n) is 2.31. The van der Waals surface area contributed by atoms with E-state index in [1.807, 2.05) is 24.3 Å². The second kappa shape index (κ2) is 10.3. The molecule has 0 aliphatic carbocycles. The van der Waals surface area contributed by atoms with Crippen LogP contribution in [0.5, 0.6) is 5.75 Å². The van der Waals surface area contributed by atoms with Crippen LogP contribution in [0.3, 0.4) is 0 Å². The van der Waals surface area contributed by atoms with Crippen LogP contribution in [0, 0.1) is 11.3 Å². The van der Waals surface area contributed by atoms with Crippen molar-refractivity contribution in [3.05, 3.63) is 29.8 Å². The molecule has 0 amide bonds. The third-order valence-corrected chi connectivity index (χ3v) is 2.31. The lowest BCUT2D eigenvalue weighted by atomic mass is 10.2. The van der Waals surface area contributed by atoms with Crippen LogP contribution < -0.4 is 4.74 Å². The van der Waals surface area contributed by atoms with E-state index in [9.17, 15) is 0 Å². The number of hydrogen-bond acceptors (Lipinski definition) is 5. The minimum Gasteiger partial charge on any atom is -0.491 e. The van der Waals surface area contributed by atoms with E-state index in [0.717, 1.165) is 11.3 Å². The maximum atomic E-state index is 8.54. The van der Waals surface area contributed by atoms with Crippen molar-refractivity contribution in [3.8, 4) is 11.8 Å². The molecule has 104 valence electrons. The number of aliphatic hydroxyl groups excluding tert-OH is 1. The van der Waals surface area contributed by atoms with Crippen molar-refractivity contribution in [3.63, 3.8) is 0 Å². The van der Waals surface area contributed by atoms with Gasteiger partial charge in [-0.3, -0.25) is 0 Å². The second-order valence-electron chi connectivity index (χ2n) is 3.78. The standard InChI is InChI=1S/C14H19NO4/c15-6-5-13-1-3-14(4-2-13)19-12-11-18-10-9-17-8-7-16/h1-4,16H,5,7-12H2. The molecule has 0 heterocycles. The van der Waals surface area contributed by atoms with Gasteiger partial charge < -0.3 is 19.3 Å². The zero-order valence-corrected chi connectivity index (χ0v) is 10.9. The van der Waals surface area contributed by atoms with Crippen LogP contribution in [0.4, 0.5) is 0 Å². The largest absolute Gasteiger partial charge is 0.491 e. The maximum absolute atomic E-state index is 8.54. The Kier molecular flexibility index (Phi) is 8.39. The first-order valence-corrected chi connectivity index (χ1v) is 6.22. The Morgan fingerprint density at radius 2 is 1.58 bits per heavy atom. The first kappa shape index (κ1) is 15.4. The van der Waals surface area contributed by atoms with Crippen LogP contribution in [0.25, 0.3) is 0 Å². The summed E-state index contributed by atoms with van der Waals surface area (Å²) in [6.45, 7) is 2.30. The lowest BCUT2D eigenvalue weighted by Gasteiger charge is -2.07. The number of nitrogens with zero attached hydrogens (tertiary/aromatic N) is 1. The Balaban J connectivity index is 2.04. The van der Waals surface area contributed by atoms with E-state index in [1.165, 1.54) is 0 Å². The summed E-state index contributed by atoms with van der Waals surface area (Å²) in [4.78, 5) is 0. The highest BCUT2D eigenvalue weighted by Gasteiger charge is 1.96. The average molecular weight is 265 g/mol. The van der Waals surface area contributed by atoms with Crippen molar-refractivity contribution < 1.29 is 19.3 Å². The normalized spacial score (nSPS) is 10.1. The van der Waals surface area contributed by atoms with Gasteiger partial charge in [0, 0.05) is 0 Å². The van der Waals surface area contributed by atoms with Gasteiger partial charge in [-0.15, -0.1) is 0 Å². The van der Waals surface area contributed by atoms with Crippen molar-refractivity contribution in [2.45, 2.75) is 6.42 Å². The topological polar surface area (TPSA) is 71.7 Å². The molecule has 0 fully saturated rings. The molecule has 0 saturated carbocycles. The second-order valence-corrected chi connectivity index (χ2v) is 3.78. The summed E-state index contributed by atoms with van der Waals surface area (Å²) >= 11 is 0. The van der Waals surface area contributed by atoms with E-state index in [0.29, 0.717) is 39.5 Å². The van der Waals surface area contributed by atoms with Gasteiger partial charge in [-0.05, 0) is 17.7 Å². The molecule has 0 bridgehead atoms. The molecule has 1 aromatic rings. The van der Waals surface area contributed by atoms with E-state index in [2.05, 4.69) is 6.07 Å². The molecule has 0 spiro atoms. The van der Waals surface area contributed by atoms with E-state index in [1.54, 1.807) is 0 Å². The van der Waals surface area contributed by atoms with Crippen LogP contribution >= 0.6 is 0 Å². The van der Waals surface area contributed by atoms with Gasteiger partial charge in [0.05, 0.1) is 45.5 Å². The molecule has 0 aromatic heterocycles. The molecule has 1 N–H and O–H groups in total. The Labute approximate surface area is 113 Å².